The predicted molar refractivity (Wildman–Crippen MR) is 59.8 cm³/mol. The van der Waals surface area contributed by atoms with Crippen LogP contribution >= 0.6 is 15.9 Å². The third-order valence-electron chi connectivity index (χ3n) is 3.21. The van der Waals surface area contributed by atoms with E-state index in [1.165, 1.54) is 12.5 Å². The minimum Gasteiger partial charge on any atom is -0.483 e. The molecule has 0 amide bonds. The van der Waals surface area contributed by atoms with Crippen molar-refractivity contribution in [3.63, 3.8) is 0 Å². The van der Waals surface area contributed by atoms with E-state index < -0.39 is 0 Å². The molecule has 0 atom stereocenters. The fraction of sp³-hybridized carbons (Fsp3) is 0.455. The first-order valence-corrected chi connectivity index (χ1v) is 5.90. The minimum absolute atomic E-state index is 0.0235. The molecule has 2 aliphatic rings. The van der Waals surface area contributed by atoms with Gasteiger partial charge < -0.3 is 10.1 Å². The van der Waals surface area contributed by atoms with Gasteiger partial charge in [-0.05, 0) is 41.3 Å². The smallest absolute Gasteiger partial charge is 0.144 e. The number of hydrogen-bond acceptors (Lipinski definition) is 2. The SMILES string of the molecule is Fc1cc2c(cc1Br)OC1(CCC1)CN2. The monoisotopic (exact) mass is 271 g/mol. The van der Waals surface area contributed by atoms with Gasteiger partial charge in [0, 0.05) is 6.07 Å². The molecular weight excluding hydrogens is 261 g/mol. The van der Waals surface area contributed by atoms with Crippen LogP contribution in [0.25, 0.3) is 0 Å². The Hall–Kier alpha value is -0.770. The Labute approximate surface area is 95.9 Å². The van der Waals surface area contributed by atoms with Crippen LogP contribution in [0.1, 0.15) is 19.3 Å². The molecule has 0 saturated heterocycles. The Morgan fingerprint density at radius 1 is 1.40 bits per heavy atom. The van der Waals surface area contributed by atoms with Crippen LogP contribution in [0.2, 0.25) is 0 Å². The van der Waals surface area contributed by atoms with E-state index in [1.807, 2.05) is 0 Å². The minimum atomic E-state index is -0.255. The lowest BCUT2D eigenvalue weighted by Crippen LogP contribution is -2.51. The Kier molecular flexibility index (Phi) is 1.96. The molecule has 1 aromatic carbocycles. The first kappa shape index (κ1) is 9.46. The number of rotatable bonds is 0. The molecule has 0 unspecified atom stereocenters. The molecular formula is C11H11BrFNO. The van der Waals surface area contributed by atoms with E-state index in [-0.39, 0.29) is 11.4 Å². The van der Waals surface area contributed by atoms with E-state index in [1.54, 1.807) is 6.07 Å². The fourth-order valence-corrected chi connectivity index (χ4v) is 2.45. The maximum atomic E-state index is 13.3. The lowest BCUT2D eigenvalue weighted by atomic mass is 9.79. The van der Waals surface area contributed by atoms with Crippen LogP contribution in [0.3, 0.4) is 0 Å². The van der Waals surface area contributed by atoms with Gasteiger partial charge in [-0.15, -0.1) is 0 Å². The molecule has 80 valence electrons. The van der Waals surface area contributed by atoms with E-state index >= 15 is 0 Å². The van der Waals surface area contributed by atoms with E-state index in [9.17, 15) is 4.39 Å². The molecule has 0 bridgehead atoms. The highest BCUT2D eigenvalue weighted by molar-refractivity contribution is 9.10. The van der Waals surface area contributed by atoms with Crippen molar-refractivity contribution in [3.05, 3.63) is 22.4 Å². The summed E-state index contributed by atoms with van der Waals surface area (Å²) in [6.45, 7) is 0.793. The van der Waals surface area contributed by atoms with Gasteiger partial charge in [0.1, 0.15) is 17.2 Å². The summed E-state index contributed by atoms with van der Waals surface area (Å²) >= 11 is 3.17. The van der Waals surface area contributed by atoms with Crippen molar-refractivity contribution in [3.8, 4) is 5.75 Å². The number of ether oxygens (including phenoxy) is 1. The normalized spacial score (nSPS) is 21.2. The summed E-state index contributed by atoms with van der Waals surface area (Å²) < 4.78 is 19.6. The quantitative estimate of drug-likeness (QED) is 0.782. The topological polar surface area (TPSA) is 21.3 Å². The number of fused-ring (bicyclic) bond motifs is 1. The third kappa shape index (κ3) is 1.42. The molecule has 0 aromatic heterocycles. The van der Waals surface area contributed by atoms with Crippen LogP contribution in [0.5, 0.6) is 5.75 Å². The summed E-state index contributed by atoms with van der Waals surface area (Å²) in [6.07, 6.45) is 3.41. The van der Waals surface area contributed by atoms with Crippen LogP contribution in [0.15, 0.2) is 16.6 Å². The zero-order chi connectivity index (χ0) is 10.5. The fourth-order valence-electron chi connectivity index (χ4n) is 2.13. The molecule has 4 heteroatoms. The summed E-state index contributed by atoms with van der Waals surface area (Å²) in [7, 11) is 0. The molecule has 1 heterocycles. The Bertz CT molecular complexity index is 417. The molecule has 1 saturated carbocycles. The second-order valence-electron chi connectivity index (χ2n) is 4.25. The Morgan fingerprint density at radius 3 is 2.87 bits per heavy atom. The van der Waals surface area contributed by atoms with Crippen LogP contribution in [0, 0.1) is 5.82 Å². The van der Waals surface area contributed by atoms with Crippen molar-refractivity contribution in [2.45, 2.75) is 24.9 Å². The van der Waals surface area contributed by atoms with Gasteiger partial charge in [0.25, 0.3) is 0 Å². The van der Waals surface area contributed by atoms with Crippen LogP contribution < -0.4 is 10.1 Å². The number of nitrogens with one attached hydrogen (secondary N) is 1. The molecule has 15 heavy (non-hydrogen) atoms. The lowest BCUT2D eigenvalue weighted by Gasteiger charge is -2.45. The van der Waals surface area contributed by atoms with Crippen molar-refractivity contribution >= 4 is 21.6 Å². The Balaban J connectivity index is 1.98. The third-order valence-corrected chi connectivity index (χ3v) is 3.82. The van der Waals surface area contributed by atoms with Crippen molar-refractivity contribution in [1.29, 1.82) is 0 Å². The molecule has 1 aliphatic heterocycles. The van der Waals surface area contributed by atoms with Gasteiger partial charge in [-0.3, -0.25) is 0 Å². The maximum Gasteiger partial charge on any atom is 0.144 e. The summed E-state index contributed by atoms with van der Waals surface area (Å²) in [4.78, 5) is 0. The molecule has 2 nitrogen and oxygen atoms in total. The maximum absolute atomic E-state index is 13.3. The molecule has 0 radical (unpaired) electrons. The predicted octanol–water partition coefficient (Wildman–Crippen LogP) is 3.32. The molecule has 1 fully saturated rings. The van der Waals surface area contributed by atoms with Gasteiger partial charge in [0.2, 0.25) is 0 Å². The summed E-state index contributed by atoms with van der Waals surface area (Å²) in [5.74, 6) is 0.503. The highest BCUT2D eigenvalue weighted by Gasteiger charge is 2.42. The van der Waals surface area contributed by atoms with E-state index in [0.29, 0.717) is 4.47 Å². The van der Waals surface area contributed by atoms with Crippen LogP contribution in [0.4, 0.5) is 10.1 Å². The van der Waals surface area contributed by atoms with Crippen molar-refractivity contribution in [1.82, 2.24) is 0 Å². The molecule has 1 aliphatic carbocycles. The number of halogens is 2. The number of benzene rings is 1. The zero-order valence-electron chi connectivity index (χ0n) is 8.15. The highest BCUT2D eigenvalue weighted by atomic mass is 79.9. The van der Waals surface area contributed by atoms with Gasteiger partial charge in [-0.1, -0.05) is 0 Å². The lowest BCUT2D eigenvalue weighted by molar-refractivity contribution is 0.0000529. The van der Waals surface area contributed by atoms with E-state index in [0.717, 1.165) is 30.8 Å². The molecule has 1 spiro atoms. The molecule has 3 rings (SSSR count). The molecule has 1 N–H and O–H groups in total. The van der Waals surface area contributed by atoms with Crippen molar-refractivity contribution in [2.24, 2.45) is 0 Å². The average molecular weight is 272 g/mol. The van der Waals surface area contributed by atoms with Crippen molar-refractivity contribution in [2.75, 3.05) is 11.9 Å². The highest BCUT2D eigenvalue weighted by Crippen LogP contribution is 2.44. The van der Waals surface area contributed by atoms with Gasteiger partial charge >= 0.3 is 0 Å². The standard InChI is InChI=1S/C11H11BrFNO/c12-7-4-10-9(5-8(7)13)14-6-11(15-10)2-1-3-11/h4-5,14H,1-3,6H2. The Morgan fingerprint density at radius 2 is 2.20 bits per heavy atom. The van der Waals surface area contributed by atoms with E-state index in [4.69, 9.17) is 4.74 Å². The first-order valence-electron chi connectivity index (χ1n) is 5.11. The van der Waals surface area contributed by atoms with Crippen LogP contribution in [-0.2, 0) is 0 Å². The number of hydrogen-bond donors (Lipinski definition) is 1. The second kappa shape index (κ2) is 3.11. The number of anilines is 1. The van der Waals surface area contributed by atoms with Gasteiger partial charge in [-0.2, -0.15) is 0 Å². The van der Waals surface area contributed by atoms with E-state index in [2.05, 4.69) is 21.2 Å². The van der Waals surface area contributed by atoms with Crippen molar-refractivity contribution < 1.29 is 9.13 Å². The van der Waals surface area contributed by atoms with Gasteiger partial charge in [0.05, 0.1) is 16.7 Å². The molecule has 1 aromatic rings. The zero-order valence-corrected chi connectivity index (χ0v) is 9.73. The summed E-state index contributed by atoms with van der Waals surface area (Å²) in [5.41, 5.74) is 0.734. The van der Waals surface area contributed by atoms with Gasteiger partial charge in [-0.25, -0.2) is 4.39 Å². The summed E-state index contributed by atoms with van der Waals surface area (Å²) in [6, 6.07) is 3.18. The first-order chi connectivity index (χ1) is 7.19. The summed E-state index contributed by atoms with van der Waals surface area (Å²) in [5, 5.41) is 3.24. The largest absolute Gasteiger partial charge is 0.483 e. The van der Waals surface area contributed by atoms with Crippen LogP contribution in [-0.4, -0.2) is 12.1 Å². The second-order valence-corrected chi connectivity index (χ2v) is 5.11. The average Bonchev–Trinajstić information content (AvgIpc) is 2.17. The van der Waals surface area contributed by atoms with Gasteiger partial charge in [0.15, 0.2) is 0 Å².